The Labute approximate surface area is 164 Å². The molecule has 1 aliphatic rings. The summed E-state index contributed by atoms with van der Waals surface area (Å²) in [6.07, 6.45) is 4.84. The number of thioether (sulfide) groups is 1. The lowest BCUT2D eigenvalue weighted by atomic mass is 9.89. The standard InChI is InChI=1S/C18H28O6S2/c1-12(19)14(9-15(20)18(2,3)25)10-26-17(22)24-11-23-16(21)13-7-5-4-6-8-13/h13-14,25H,4-11H2,1-3H3/t14-/m0/s1. The number of carbonyl (C=O) groups is 4. The van der Waals surface area contributed by atoms with E-state index in [-0.39, 0.29) is 35.6 Å². The van der Waals surface area contributed by atoms with Crippen molar-refractivity contribution >= 4 is 47.2 Å². The molecule has 0 unspecified atom stereocenters. The van der Waals surface area contributed by atoms with Gasteiger partial charge in [-0.2, -0.15) is 12.6 Å². The van der Waals surface area contributed by atoms with Crippen molar-refractivity contribution in [3.05, 3.63) is 0 Å². The average Bonchev–Trinajstić information content (AvgIpc) is 2.57. The summed E-state index contributed by atoms with van der Waals surface area (Å²) >= 11 is 5.00. The number of thiol groups is 1. The Morgan fingerprint density at radius 2 is 1.73 bits per heavy atom. The Bertz CT molecular complexity index is 520. The number of esters is 1. The quantitative estimate of drug-likeness (QED) is 0.355. The topological polar surface area (TPSA) is 86.7 Å². The van der Waals surface area contributed by atoms with Gasteiger partial charge in [-0.1, -0.05) is 19.3 Å². The molecule has 1 rings (SSSR count). The number of hydrogen-bond acceptors (Lipinski definition) is 8. The Kier molecular flexibility index (Phi) is 9.71. The summed E-state index contributed by atoms with van der Waals surface area (Å²) in [5.41, 5.74) is 0. The maximum Gasteiger partial charge on any atom is 0.370 e. The predicted molar refractivity (Wildman–Crippen MR) is 103 cm³/mol. The number of Topliss-reactive ketones (excluding diaryl/α,β-unsaturated/α-hetero) is 2. The van der Waals surface area contributed by atoms with Crippen LogP contribution in [0.2, 0.25) is 0 Å². The van der Waals surface area contributed by atoms with Crippen molar-refractivity contribution in [2.75, 3.05) is 12.5 Å². The SMILES string of the molecule is CC(=O)[C@H](CSC(=O)OCOC(=O)C1CCCCC1)CC(=O)C(C)(C)S. The van der Waals surface area contributed by atoms with Gasteiger partial charge in [-0.05, 0) is 45.4 Å². The second-order valence-electron chi connectivity index (χ2n) is 7.12. The monoisotopic (exact) mass is 404 g/mol. The zero-order valence-corrected chi connectivity index (χ0v) is 17.3. The molecule has 1 aliphatic carbocycles. The molecule has 0 heterocycles. The molecule has 26 heavy (non-hydrogen) atoms. The molecule has 8 heteroatoms. The summed E-state index contributed by atoms with van der Waals surface area (Å²) in [4.78, 5) is 47.3. The fraction of sp³-hybridized carbons (Fsp3) is 0.778. The van der Waals surface area contributed by atoms with E-state index in [4.69, 9.17) is 9.47 Å². The lowest BCUT2D eigenvalue weighted by molar-refractivity contribution is -0.157. The van der Waals surface area contributed by atoms with Crippen LogP contribution in [-0.2, 0) is 23.9 Å². The fourth-order valence-corrected chi connectivity index (χ4v) is 3.51. The highest BCUT2D eigenvalue weighted by Gasteiger charge is 2.28. The van der Waals surface area contributed by atoms with Crippen molar-refractivity contribution in [3.8, 4) is 0 Å². The average molecular weight is 405 g/mol. The van der Waals surface area contributed by atoms with E-state index in [2.05, 4.69) is 12.6 Å². The van der Waals surface area contributed by atoms with Crippen LogP contribution in [0.1, 0.15) is 59.3 Å². The van der Waals surface area contributed by atoms with Crippen LogP contribution < -0.4 is 0 Å². The van der Waals surface area contributed by atoms with Crippen LogP contribution in [0.3, 0.4) is 0 Å². The summed E-state index contributed by atoms with van der Waals surface area (Å²) in [5, 5.41) is -0.634. The molecule has 0 radical (unpaired) electrons. The normalized spacial score (nSPS) is 16.6. The van der Waals surface area contributed by atoms with Crippen molar-refractivity contribution in [2.45, 2.75) is 64.0 Å². The zero-order valence-electron chi connectivity index (χ0n) is 15.6. The van der Waals surface area contributed by atoms with Crippen LogP contribution in [0.15, 0.2) is 0 Å². The van der Waals surface area contributed by atoms with E-state index in [1.165, 1.54) is 6.92 Å². The van der Waals surface area contributed by atoms with Crippen molar-refractivity contribution in [1.29, 1.82) is 0 Å². The molecule has 1 saturated carbocycles. The van der Waals surface area contributed by atoms with Gasteiger partial charge in [-0.15, -0.1) is 0 Å². The summed E-state index contributed by atoms with van der Waals surface area (Å²) in [7, 11) is 0. The molecule has 0 aromatic carbocycles. The second kappa shape index (κ2) is 11.0. The molecule has 0 saturated heterocycles. The highest BCUT2D eigenvalue weighted by atomic mass is 32.2. The zero-order chi connectivity index (χ0) is 19.7. The first-order chi connectivity index (χ1) is 12.1. The minimum absolute atomic E-state index is 0.0305. The lowest BCUT2D eigenvalue weighted by Gasteiger charge is -2.20. The summed E-state index contributed by atoms with van der Waals surface area (Å²) in [6, 6.07) is 0. The van der Waals surface area contributed by atoms with Gasteiger partial charge in [0.05, 0.1) is 10.7 Å². The van der Waals surface area contributed by atoms with Crippen LogP contribution in [0.4, 0.5) is 4.79 Å². The molecule has 0 N–H and O–H groups in total. The molecule has 0 aromatic heterocycles. The first kappa shape index (κ1) is 23.0. The van der Waals surface area contributed by atoms with Gasteiger partial charge in [0.25, 0.3) is 0 Å². The molecule has 0 bridgehead atoms. The number of ether oxygens (including phenoxy) is 2. The smallest absolute Gasteiger partial charge is 0.370 e. The van der Waals surface area contributed by atoms with E-state index in [0.717, 1.165) is 43.9 Å². The van der Waals surface area contributed by atoms with Crippen LogP contribution in [0.25, 0.3) is 0 Å². The minimum Gasteiger partial charge on any atom is -0.428 e. The van der Waals surface area contributed by atoms with E-state index in [9.17, 15) is 19.2 Å². The molecule has 1 atom stereocenters. The van der Waals surface area contributed by atoms with Gasteiger partial charge in [-0.25, -0.2) is 4.79 Å². The molecular weight excluding hydrogens is 376 g/mol. The molecular formula is C18H28O6S2. The number of carbonyl (C=O) groups excluding carboxylic acids is 4. The maximum atomic E-state index is 12.0. The minimum atomic E-state index is -0.827. The first-order valence-corrected chi connectivity index (χ1v) is 10.3. The predicted octanol–water partition coefficient (Wildman–Crippen LogP) is 3.81. The van der Waals surface area contributed by atoms with Gasteiger partial charge in [0.2, 0.25) is 6.79 Å². The maximum absolute atomic E-state index is 12.0. The van der Waals surface area contributed by atoms with Gasteiger partial charge >= 0.3 is 11.3 Å². The third kappa shape index (κ3) is 8.58. The molecule has 148 valence electrons. The van der Waals surface area contributed by atoms with Gasteiger partial charge < -0.3 is 9.47 Å². The van der Waals surface area contributed by atoms with Gasteiger partial charge in [0, 0.05) is 18.1 Å². The Morgan fingerprint density at radius 3 is 2.27 bits per heavy atom. The van der Waals surface area contributed by atoms with Crippen LogP contribution in [-0.4, -0.2) is 40.1 Å². The number of hydrogen-bond donors (Lipinski definition) is 1. The molecule has 0 aliphatic heterocycles. The van der Waals surface area contributed by atoms with Gasteiger partial charge in [0.1, 0.15) is 11.6 Å². The van der Waals surface area contributed by atoms with E-state index >= 15 is 0 Å². The third-order valence-electron chi connectivity index (χ3n) is 4.41. The van der Waals surface area contributed by atoms with Gasteiger partial charge in [-0.3, -0.25) is 14.4 Å². The van der Waals surface area contributed by atoms with Crippen molar-refractivity contribution in [3.63, 3.8) is 0 Å². The van der Waals surface area contributed by atoms with Crippen LogP contribution >= 0.6 is 24.4 Å². The second-order valence-corrected chi connectivity index (χ2v) is 9.19. The molecule has 6 nitrogen and oxygen atoms in total. The lowest BCUT2D eigenvalue weighted by Crippen LogP contribution is -2.30. The van der Waals surface area contributed by atoms with E-state index in [1.54, 1.807) is 13.8 Å². The van der Waals surface area contributed by atoms with E-state index in [1.807, 2.05) is 0 Å². The van der Waals surface area contributed by atoms with E-state index in [0.29, 0.717) is 0 Å². The highest BCUT2D eigenvalue weighted by Crippen LogP contribution is 2.25. The third-order valence-corrected chi connectivity index (χ3v) is 5.58. The number of ketones is 2. The highest BCUT2D eigenvalue weighted by molar-refractivity contribution is 8.13. The van der Waals surface area contributed by atoms with Crippen LogP contribution in [0, 0.1) is 11.8 Å². The first-order valence-electron chi connectivity index (χ1n) is 8.83. The van der Waals surface area contributed by atoms with E-state index < -0.39 is 22.8 Å². The fourth-order valence-electron chi connectivity index (χ4n) is 2.60. The van der Waals surface area contributed by atoms with Crippen molar-refractivity contribution in [1.82, 2.24) is 0 Å². The van der Waals surface area contributed by atoms with Crippen molar-refractivity contribution < 1.29 is 28.7 Å². The summed E-state index contributed by atoms with van der Waals surface area (Å²) in [5.74, 6) is -1.19. The molecule has 0 amide bonds. The van der Waals surface area contributed by atoms with Crippen molar-refractivity contribution in [2.24, 2.45) is 11.8 Å². The largest absolute Gasteiger partial charge is 0.428 e. The van der Waals surface area contributed by atoms with Crippen LogP contribution in [0.5, 0.6) is 0 Å². The Balaban J connectivity index is 2.31. The summed E-state index contributed by atoms with van der Waals surface area (Å²) < 4.78 is 9.04. The molecule has 1 fully saturated rings. The molecule has 0 aromatic rings. The molecule has 0 spiro atoms. The number of rotatable bonds is 9. The summed E-state index contributed by atoms with van der Waals surface area (Å²) in [6.45, 7) is 4.30. The Hall–Kier alpha value is -1.02. The Morgan fingerprint density at radius 1 is 1.12 bits per heavy atom. The van der Waals surface area contributed by atoms with Gasteiger partial charge in [0.15, 0.2) is 0 Å².